The maximum absolute atomic E-state index is 13.1. The van der Waals surface area contributed by atoms with Gasteiger partial charge in [-0.2, -0.15) is 0 Å². The summed E-state index contributed by atoms with van der Waals surface area (Å²) in [6.45, 7) is 5.09. The highest BCUT2D eigenvalue weighted by Crippen LogP contribution is 2.25. The Kier molecular flexibility index (Phi) is 4.60. The molecule has 1 aromatic rings. The van der Waals surface area contributed by atoms with E-state index in [1.54, 1.807) is 6.07 Å². The molecule has 3 nitrogen and oxygen atoms in total. The van der Waals surface area contributed by atoms with E-state index in [9.17, 15) is 9.18 Å². The van der Waals surface area contributed by atoms with Crippen LogP contribution in [0, 0.1) is 5.82 Å². The summed E-state index contributed by atoms with van der Waals surface area (Å²) >= 11 is 1.41. The number of halogens is 1. The molecule has 1 atom stereocenters. The highest BCUT2D eigenvalue weighted by Gasteiger charge is 2.22. The molecule has 1 aliphatic rings. The third-order valence-electron chi connectivity index (χ3n) is 2.89. The van der Waals surface area contributed by atoms with Crippen molar-refractivity contribution in [1.29, 1.82) is 0 Å². The third-order valence-corrected chi connectivity index (χ3v) is 3.97. The van der Waals surface area contributed by atoms with Crippen LogP contribution in [-0.2, 0) is 4.79 Å². The van der Waals surface area contributed by atoms with Crippen LogP contribution in [0.4, 0.5) is 4.39 Å². The van der Waals surface area contributed by atoms with Gasteiger partial charge in [0.25, 0.3) is 0 Å². The number of carbonyl (C=O) groups is 1. The van der Waals surface area contributed by atoms with Gasteiger partial charge in [-0.3, -0.25) is 4.79 Å². The first-order chi connectivity index (χ1) is 8.66. The summed E-state index contributed by atoms with van der Waals surface area (Å²) < 4.78 is 13.1. The second-order valence-electron chi connectivity index (χ2n) is 4.29. The number of rotatable bonds is 3. The maximum Gasteiger partial charge on any atom is 0.235 e. The van der Waals surface area contributed by atoms with Gasteiger partial charge >= 0.3 is 0 Å². The number of thioether (sulfide) groups is 1. The maximum atomic E-state index is 13.1. The summed E-state index contributed by atoms with van der Waals surface area (Å²) in [4.78, 5) is 14.8. The van der Waals surface area contributed by atoms with Crippen LogP contribution in [0.25, 0.3) is 0 Å². The number of nitrogens with one attached hydrogen (secondary N) is 1. The molecule has 0 bridgehead atoms. The van der Waals surface area contributed by atoms with Gasteiger partial charge in [-0.1, -0.05) is 6.07 Å². The predicted octanol–water partition coefficient (Wildman–Crippen LogP) is 1.74. The zero-order valence-electron chi connectivity index (χ0n) is 10.4. The molecule has 0 radical (unpaired) electrons. The first kappa shape index (κ1) is 13.4. The molecule has 1 aromatic carbocycles. The van der Waals surface area contributed by atoms with Gasteiger partial charge in [0.05, 0.1) is 5.25 Å². The van der Waals surface area contributed by atoms with Gasteiger partial charge in [-0.25, -0.2) is 4.39 Å². The molecule has 1 saturated heterocycles. The topological polar surface area (TPSA) is 32.3 Å². The average Bonchev–Trinajstić information content (AvgIpc) is 2.39. The lowest BCUT2D eigenvalue weighted by Crippen LogP contribution is -2.48. The molecular formula is C13H17FN2OS. The molecule has 5 heteroatoms. The Hall–Kier alpha value is -1.07. The molecular weight excluding hydrogens is 251 g/mol. The van der Waals surface area contributed by atoms with E-state index < -0.39 is 0 Å². The van der Waals surface area contributed by atoms with Crippen LogP contribution in [0.1, 0.15) is 6.92 Å². The molecule has 1 amide bonds. The van der Waals surface area contributed by atoms with Crippen molar-refractivity contribution in [3.05, 3.63) is 30.1 Å². The molecule has 18 heavy (non-hydrogen) atoms. The predicted molar refractivity (Wildman–Crippen MR) is 71.2 cm³/mol. The quantitative estimate of drug-likeness (QED) is 0.848. The van der Waals surface area contributed by atoms with Crippen molar-refractivity contribution >= 4 is 17.7 Å². The van der Waals surface area contributed by atoms with E-state index in [1.807, 2.05) is 17.9 Å². The lowest BCUT2D eigenvalue weighted by atomic mass is 10.3. The Balaban J connectivity index is 1.94. The smallest absolute Gasteiger partial charge is 0.235 e. The normalized spacial score (nSPS) is 17.6. The summed E-state index contributed by atoms with van der Waals surface area (Å²) in [5.74, 6) is -0.132. The zero-order valence-corrected chi connectivity index (χ0v) is 11.2. The second-order valence-corrected chi connectivity index (χ2v) is 5.71. The van der Waals surface area contributed by atoms with Crippen molar-refractivity contribution < 1.29 is 9.18 Å². The van der Waals surface area contributed by atoms with Crippen LogP contribution in [0.15, 0.2) is 29.2 Å². The Bertz CT molecular complexity index is 421. The molecule has 1 N–H and O–H groups in total. The summed E-state index contributed by atoms with van der Waals surface area (Å²) in [7, 11) is 0. The molecule has 98 valence electrons. The Morgan fingerprint density at radius 1 is 1.44 bits per heavy atom. The van der Waals surface area contributed by atoms with Gasteiger partial charge in [0, 0.05) is 31.1 Å². The van der Waals surface area contributed by atoms with Crippen molar-refractivity contribution in [2.24, 2.45) is 0 Å². The molecule has 1 aliphatic heterocycles. The summed E-state index contributed by atoms with van der Waals surface area (Å²) in [6.07, 6.45) is 0. The third kappa shape index (κ3) is 3.46. The van der Waals surface area contributed by atoms with E-state index in [4.69, 9.17) is 0 Å². The fourth-order valence-electron chi connectivity index (χ4n) is 1.94. The average molecular weight is 268 g/mol. The van der Waals surface area contributed by atoms with Crippen molar-refractivity contribution in [2.75, 3.05) is 26.2 Å². The highest BCUT2D eigenvalue weighted by atomic mass is 32.2. The molecule has 1 unspecified atom stereocenters. The summed E-state index contributed by atoms with van der Waals surface area (Å²) in [6, 6.07) is 6.37. The second kappa shape index (κ2) is 6.20. The minimum Gasteiger partial charge on any atom is -0.339 e. The fourth-order valence-corrected chi connectivity index (χ4v) is 2.93. The van der Waals surface area contributed by atoms with Crippen molar-refractivity contribution in [1.82, 2.24) is 10.2 Å². The monoisotopic (exact) mass is 268 g/mol. The lowest BCUT2D eigenvalue weighted by molar-refractivity contribution is -0.130. The number of nitrogens with zero attached hydrogens (tertiary/aromatic N) is 1. The molecule has 0 aromatic heterocycles. The number of amides is 1. The minimum atomic E-state index is -0.262. The van der Waals surface area contributed by atoms with E-state index in [1.165, 1.54) is 23.9 Å². The highest BCUT2D eigenvalue weighted by molar-refractivity contribution is 8.00. The van der Waals surface area contributed by atoms with Crippen LogP contribution >= 0.6 is 11.8 Å². The fraction of sp³-hybridized carbons (Fsp3) is 0.462. The SMILES string of the molecule is CC(Sc1cccc(F)c1)C(=O)N1CCNCC1. The van der Waals surface area contributed by atoms with Crippen LogP contribution in [0.3, 0.4) is 0 Å². The standard InChI is InChI=1S/C13H17FN2OS/c1-10(13(17)16-7-5-15-6-8-16)18-12-4-2-3-11(14)9-12/h2-4,9-10,15H,5-8H2,1H3. The van der Waals surface area contributed by atoms with Crippen molar-refractivity contribution in [2.45, 2.75) is 17.1 Å². The molecule has 0 spiro atoms. The van der Waals surface area contributed by atoms with E-state index in [0.717, 1.165) is 31.1 Å². The van der Waals surface area contributed by atoms with Crippen molar-refractivity contribution in [3.8, 4) is 0 Å². The first-order valence-corrected chi connectivity index (χ1v) is 6.96. The van der Waals surface area contributed by atoms with Gasteiger partial charge < -0.3 is 10.2 Å². The summed E-state index contributed by atoms with van der Waals surface area (Å²) in [5, 5.41) is 3.04. The molecule has 1 fully saturated rings. The number of benzene rings is 1. The summed E-state index contributed by atoms with van der Waals surface area (Å²) in [5.41, 5.74) is 0. The van der Waals surface area contributed by atoms with Crippen LogP contribution in [-0.4, -0.2) is 42.2 Å². The minimum absolute atomic E-state index is 0.130. The van der Waals surface area contributed by atoms with E-state index in [0.29, 0.717) is 0 Å². The molecule has 0 aliphatic carbocycles. The molecule has 1 heterocycles. The Morgan fingerprint density at radius 3 is 2.83 bits per heavy atom. The van der Waals surface area contributed by atoms with Gasteiger partial charge in [-0.15, -0.1) is 11.8 Å². The van der Waals surface area contributed by atoms with Crippen LogP contribution in [0.2, 0.25) is 0 Å². The molecule has 0 saturated carbocycles. The van der Waals surface area contributed by atoms with Gasteiger partial charge in [0.15, 0.2) is 0 Å². The van der Waals surface area contributed by atoms with Crippen LogP contribution in [0.5, 0.6) is 0 Å². The van der Waals surface area contributed by atoms with E-state index >= 15 is 0 Å². The zero-order chi connectivity index (χ0) is 13.0. The Labute approximate surface area is 111 Å². The number of hydrogen-bond acceptors (Lipinski definition) is 3. The first-order valence-electron chi connectivity index (χ1n) is 6.08. The van der Waals surface area contributed by atoms with E-state index in [2.05, 4.69) is 5.32 Å². The largest absolute Gasteiger partial charge is 0.339 e. The van der Waals surface area contributed by atoms with Gasteiger partial charge in [-0.05, 0) is 25.1 Å². The van der Waals surface area contributed by atoms with Crippen LogP contribution < -0.4 is 5.32 Å². The van der Waals surface area contributed by atoms with E-state index in [-0.39, 0.29) is 17.0 Å². The number of carbonyl (C=O) groups excluding carboxylic acids is 1. The lowest BCUT2D eigenvalue weighted by Gasteiger charge is -2.29. The van der Waals surface area contributed by atoms with Gasteiger partial charge in [0.1, 0.15) is 5.82 Å². The van der Waals surface area contributed by atoms with Crippen molar-refractivity contribution in [3.63, 3.8) is 0 Å². The Morgan fingerprint density at radius 2 is 2.17 bits per heavy atom. The number of piperazine rings is 1. The van der Waals surface area contributed by atoms with Gasteiger partial charge in [0.2, 0.25) is 5.91 Å². The number of hydrogen-bond donors (Lipinski definition) is 1. The molecule has 2 rings (SSSR count).